The Morgan fingerprint density at radius 2 is 1.10 bits per heavy atom. The molecule has 0 radical (unpaired) electrons. The molecule has 0 aliphatic heterocycles. The molecule has 0 heterocycles. The maximum atomic E-state index is 12.7. The third kappa shape index (κ3) is 11.3. The van der Waals surface area contributed by atoms with E-state index in [1.54, 1.807) is 6.07 Å². The van der Waals surface area contributed by atoms with Crippen molar-refractivity contribution in [3.63, 3.8) is 0 Å². The summed E-state index contributed by atoms with van der Waals surface area (Å²) in [5.74, 6) is -0.206. The summed E-state index contributed by atoms with van der Waals surface area (Å²) in [6.45, 7) is 4.45. The second-order valence-corrected chi connectivity index (χ2v) is 8.52. The van der Waals surface area contributed by atoms with Gasteiger partial charge in [0.15, 0.2) is 17.3 Å². The Labute approximate surface area is 178 Å². The summed E-state index contributed by atoms with van der Waals surface area (Å²) in [6, 6.07) is 3.06. The lowest BCUT2D eigenvalue weighted by molar-refractivity contribution is 0.0977. The number of aryl methyl sites for hydroxylation is 1. The molecule has 2 N–H and O–H groups in total. The van der Waals surface area contributed by atoms with Gasteiger partial charge in [-0.25, -0.2) is 0 Å². The summed E-state index contributed by atoms with van der Waals surface area (Å²) in [4.78, 5) is 12.7. The predicted octanol–water partition coefficient (Wildman–Crippen LogP) is 8.10. The monoisotopic (exact) mass is 404 g/mol. The first-order valence-corrected chi connectivity index (χ1v) is 12.2. The van der Waals surface area contributed by atoms with Gasteiger partial charge in [0.1, 0.15) is 0 Å². The highest BCUT2D eigenvalue weighted by atomic mass is 16.3. The molecule has 0 saturated carbocycles. The predicted molar refractivity (Wildman–Crippen MR) is 123 cm³/mol. The minimum absolute atomic E-state index is 0.100. The Balaban J connectivity index is 2.42. The smallest absolute Gasteiger partial charge is 0.163 e. The Morgan fingerprint density at radius 3 is 1.66 bits per heavy atom. The van der Waals surface area contributed by atoms with Crippen LogP contribution in [0.4, 0.5) is 0 Å². The molecule has 0 unspecified atom stereocenters. The molecular weight excluding hydrogens is 360 g/mol. The summed E-state index contributed by atoms with van der Waals surface area (Å²) >= 11 is 0. The number of hydrogen-bond acceptors (Lipinski definition) is 3. The number of hydrogen-bond donors (Lipinski definition) is 2. The highest BCUT2D eigenvalue weighted by Crippen LogP contribution is 2.30. The molecule has 0 aliphatic carbocycles. The maximum Gasteiger partial charge on any atom is 0.163 e. The first-order valence-electron chi connectivity index (χ1n) is 12.2. The standard InChI is InChI=1S/C26H44O3/c1-3-5-7-9-11-13-14-16-18-22-20-25(28)26(29)21-23(22)24(27)19-17-15-12-10-8-6-4-2/h20-21,28-29H,3-19H2,1-2H3. The molecule has 0 atom stereocenters. The summed E-state index contributed by atoms with van der Waals surface area (Å²) < 4.78 is 0. The van der Waals surface area contributed by atoms with Crippen molar-refractivity contribution in [3.8, 4) is 11.5 Å². The molecule has 1 aromatic rings. The topological polar surface area (TPSA) is 57.5 Å². The van der Waals surface area contributed by atoms with Crippen LogP contribution in [0.1, 0.15) is 133 Å². The lowest BCUT2D eigenvalue weighted by Gasteiger charge is -2.11. The van der Waals surface area contributed by atoms with E-state index in [9.17, 15) is 15.0 Å². The zero-order valence-corrected chi connectivity index (χ0v) is 19.0. The van der Waals surface area contributed by atoms with E-state index >= 15 is 0 Å². The average molecular weight is 405 g/mol. The van der Waals surface area contributed by atoms with Gasteiger partial charge in [-0.2, -0.15) is 0 Å². The molecule has 0 aromatic heterocycles. The lowest BCUT2D eigenvalue weighted by atomic mass is 9.94. The van der Waals surface area contributed by atoms with Gasteiger partial charge >= 0.3 is 0 Å². The van der Waals surface area contributed by atoms with Gasteiger partial charge in [0.25, 0.3) is 0 Å². The highest BCUT2D eigenvalue weighted by Gasteiger charge is 2.15. The average Bonchev–Trinajstić information content (AvgIpc) is 2.71. The zero-order chi connectivity index (χ0) is 21.3. The van der Waals surface area contributed by atoms with Gasteiger partial charge in [0.05, 0.1) is 0 Å². The van der Waals surface area contributed by atoms with Crippen LogP contribution in [0.15, 0.2) is 12.1 Å². The van der Waals surface area contributed by atoms with Crippen LogP contribution in [0.3, 0.4) is 0 Å². The minimum Gasteiger partial charge on any atom is -0.504 e. The van der Waals surface area contributed by atoms with E-state index < -0.39 is 0 Å². The maximum absolute atomic E-state index is 12.7. The number of aromatic hydroxyl groups is 2. The van der Waals surface area contributed by atoms with Gasteiger partial charge in [-0.3, -0.25) is 4.79 Å². The Kier molecular flexibility index (Phi) is 14.4. The Hall–Kier alpha value is -1.51. The van der Waals surface area contributed by atoms with E-state index in [4.69, 9.17) is 0 Å². The molecule has 0 amide bonds. The van der Waals surface area contributed by atoms with Crippen LogP contribution in [0, 0.1) is 0 Å². The van der Waals surface area contributed by atoms with Crippen molar-refractivity contribution < 1.29 is 15.0 Å². The molecule has 3 nitrogen and oxygen atoms in total. The largest absolute Gasteiger partial charge is 0.504 e. The van der Waals surface area contributed by atoms with Crippen LogP contribution in [0.2, 0.25) is 0 Å². The summed E-state index contributed by atoms with van der Waals surface area (Å²) in [7, 11) is 0. The Morgan fingerprint density at radius 1 is 0.655 bits per heavy atom. The van der Waals surface area contributed by atoms with Crippen molar-refractivity contribution >= 4 is 5.78 Å². The molecule has 0 saturated heterocycles. The summed E-state index contributed by atoms with van der Waals surface area (Å²) in [6.07, 6.45) is 19.6. The van der Waals surface area contributed by atoms with Gasteiger partial charge in [0.2, 0.25) is 0 Å². The molecule has 3 heteroatoms. The van der Waals surface area contributed by atoms with Gasteiger partial charge < -0.3 is 10.2 Å². The van der Waals surface area contributed by atoms with Crippen LogP contribution in [-0.2, 0) is 6.42 Å². The number of ketones is 1. The fourth-order valence-corrected chi connectivity index (χ4v) is 3.91. The van der Waals surface area contributed by atoms with Gasteiger partial charge in [-0.05, 0) is 37.0 Å². The highest BCUT2D eigenvalue weighted by molar-refractivity contribution is 5.98. The first-order chi connectivity index (χ1) is 14.1. The number of carbonyl (C=O) groups is 1. The van der Waals surface area contributed by atoms with Crippen LogP contribution >= 0.6 is 0 Å². The quantitative estimate of drug-likeness (QED) is 0.148. The van der Waals surface area contributed by atoms with Crippen molar-refractivity contribution in [2.45, 2.75) is 123 Å². The molecule has 166 valence electrons. The van der Waals surface area contributed by atoms with Crippen LogP contribution in [0.5, 0.6) is 11.5 Å². The van der Waals surface area contributed by atoms with E-state index in [1.165, 1.54) is 76.7 Å². The number of rotatable bonds is 18. The normalized spacial score (nSPS) is 11.1. The second-order valence-electron chi connectivity index (χ2n) is 8.52. The summed E-state index contributed by atoms with van der Waals surface area (Å²) in [5, 5.41) is 19.8. The SMILES string of the molecule is CCCCCCCCCCc1cc(O)c(O)cc1C(=O)CCCCCCCCC. The summed E-state index contributed by atoms with van der Waals surface area (Å²) in [5.41, 5.74) is 1.49. The number of Topliss-reactive ketones (excluding diaryl/α,β-unsaturated/α-hetero) is 1. The van der Waals surface area contributed by atoms with E-state index in [-0.39, 0.29) is 17.3 Å². The molecular formula is C26H44O3. The zero-order valence-electron chi connectivity index (χ0n) is 19.0. The number of phenols is 2. The van der Waals surface area contributed by atoms with Gasteiger partial charge in [-0.1, -0.05) is 97.3 Å². The number of carbonyl (C=O) groups excluding carboxylic acids is 1. The fraction of sp³-hybridized carbons (Fsp3) is 0.731. The minimum atomic E-state index is -0.187. The second kappa shape index (κ2) is 16.3. The molecule has 0 fully saturated rings. The lowest BCUT2D eigenvalue weighted by Crippen LogP contribution is -2.04. The number of benzene rings is 1. The third-order valence-electron chi connectivity index (χ3n) is 5.81. The van der Waals surface area contributed by atoms with Crippen molar-refractivity contribution in [3.05, 3.63) is 23.3 Å². The van der Waals surface area contributed by atoms with Crippen molar-refractivity contribution in [2.75, 3.05) is 0 Å². The molecule has 0 bridgehead atoms. The van der Waals surface area contributed by atoms with Crippen molar-refractivity contribution in [1.29, 1.82) is 0 Å². The van der Waals surface area contributed by atoms with Crippen molar-refractivity contribution in [2.24, 2.45) is 0 Å². The molecule has 0 spiro atoms. The van der Waals surface area contributed by atoms with Crippen LogP contribution < -0.4 is 0 Å². The van der Waals surface area contributed by atoms with E-state index in [0.717, 1.165) is 37.7 Å². The molecule has 1 rings (SSSR count). The van der Waals surface area contributed by atoms with Crippen molar-refractivity contribution in [1.82, 2.24) is 0 Å². The molecule has 1 aromatic carbocycles. The van der Waals surface area contributed by atoms with Gasteiger partial charge in [-0.15, -0.1) is 0 Å². The first kappa shape index (κ1) is 25.5. The van der Waals surface area contributed by atoms with Crippen LogP contribution in [0.25, 0.3) is 0 Å². The van der Waals surface area contributed by atoms with Crippen LogP contribution in [-0.4, -0.2) is 16.0 Å². The van der Waals surface area contributed by atoms with E-state index in [1.807, 2.05) is 0 Å². The third-order valence-corrected chi connectivity index (χ3v) is 5.81. The van der Waals surface area contributed by atoms with Gasteiger partial charge in [0, 0.05) is 12.0 Å². The Bertz CT molecular complexity index is 565. The fourth-order valence-electron chi connectivity index (χ4n) is 3.91. The number of unbranched alkanes of at least 4 members (excludes halogenated alkanes) is 13. The van der Waals surface area contributed by atoms with E-state index in [0.29, 0.717) is 12.0 Å². The van der Waals surface area contributed by atoms with E-state index in [2.05, 4.69) is 13.8 Å². The molecule has 29 heavy (non-hydrogen) atoms. The number of phenolic OH excluding ortho intramolecular Hbond substituents is 2. The molecule has 0 aliphatic rings.